The Morgan fingerprint density at radius 3 is 2.48 bits per heavy atom. The average molecular weight is 321 g/mol. The SMILES string of the molecule is CC(=O)Nc1nnc(SCc2ccc(C(C)(C)C)cc2)s1. The molecule has 0 bridgehead atoms. The van der Waals surface area contributed by atoms with Gasteiger partial charge < -0.3 is 5.32 Å². The van der Waals surface area contributed by atoms with E-state index in [-0.39, 0.29) is 11.3 Å². The van der Waals surface area contributed by atoms with E-state index in [4.69, 9.17) is 0 Å². The number of carbonyl (C=O) groups excluding carboxylic acids is 1. The van der Waals surface area contributed by atoms with E-state index in [2.05, 4.69) is 60.6 Å². The largest absolute Gasteiger partial charge is 0.301 e. The number of benzene rings is 1. The summed E-state index contributed by atoms with van der Waals surface area (Å²) in [5, 5.41) is 11.2. The van der Waals surface area contributed by atoms with Gasteiger partial charge in [0.2, 0.25) is 11.0 Å². The molecule has 4 nitrogen and oxygen atoms in total. The maximum Gasteiger partial charge on any atom is 0.223 e. The lowest BCUT2D eigenvalue weighted by atomic mass is 9.87. The number of aromatic nitrogens is 2. The summed E-state index contributed by atoms with van der Waals surface area (Å²) in [5.41, 5.74) is 2.77. The minimum absolute atomic E-state index is 0.125. The van der Waals surface area contributed by atoms with E-state index in [0.29, 0.717) is 5.13 Å². The van der Waals surface area contributed by atoms with Gasteiger partial charge >= 0.3 is 0 Å². The van der Waals surface area contributed by atoms with E-state index in [0.717, 1.165) is 10.1 Å². The van der Waals surface area contributed by atoms with Gasteiger partial charge in [-0.3, -0.25) is 4.79 Å². The monoisotopic (exact) mass is 321 g/mol. The Labute approximate surface area is 133 Å². The van der Waals surface area contributed by atoms with Gasteiger partial charge in [0.15, 0.2) is 4.34 Å². The standard InChI is InChI=1S/C15H19N3OS2/c1-10(19)16-13-17-18-14(21-13)20-9-11-5-7-12(8-6-11)15(2,3)4/h5-8H,9H2,1-4H3,(H,16,17,19). The van der Waals surface area contributed by atoms with Crippen molar-refractivity contribution in [1.29, 1.82) is 0 Å². The van der Waals surface area contributed by atoms with Crippen LogP contribution in [-0.4, -0.2) is 16.1 Å². The third-order valence-corrected chi connectivity index (χ3v) is 4.91. The molecule has 6 heteroatoms. The zero-order valence-electron chi connectivity index (χ0n) is 12.6. The second kappa shape index (κ2) is 6.58. The predicted molar refractivity (Wildman–Crippen MR) is 88.9 cm³/mol. The summed E-state index contributed by atoms with van der Waals surface area (Å²) in [5.74, 6) is 0.722. The lowest BCUT2D eigenvalue weighted by Crippen LogP contribution is -2.10. The van der Waals surface area contributed by atoms with Crippen LogP contribution in [-0.2, 0) is 16.0 Å². The first-order valence-corrected chi connectivity index (χ1v) is 8.48. The smallest absolute Gasteiger partial charge is 0.223 e. The maximum atomic E-state index is 10.9. The molecular formula is C15H19N3OS2. The maximum absolute atomic E-state index is 10.9. The highest BCUT2D eigenvalue weighted by Crippen LogP contribution is 2.29. The minimum atomic E-state index is -0.125. The van der Waals surface area contributed by atoms with Crippen molar-refractivity contribution < 1.29 is 4.79 Å². The van der Waals surface area contributed by atoms with Crippen LogP contribution < -0.4 is 5.32 Å². The summed E-state index contributed by atoms with van der Waals surface area (Å²) in [6.45, 7) is 8.09. The molecule has 1 aromatic carbocycles. The van der Waals surface area contributed by atoms with Crippen LogP contribution in [0.2, 0.25) is 0 Å². The molecule has 0 aliphatic rings. The number of amides is 1. The van der Waals surface area contributed by atoms with E-state index in [1.165, 1.54) is 29.4 Å². The topological polar surface area (TPSA) is 54.9 Å². The molecule has 1 N–H and O–H groups in total. The molecular weight excluding hydrogens is 302 g/mol. The van der Waals surface area contributed by atoms with Crippen LogP contribution in [0.3, 0.4) is 0 Å². The van der Waals surface area contributed by atoms with Crippen LogP contribution in [0.25, 0.3) is 0 Å². The Morgan fingerprint density at radius 1 is 1.24 bits per heavy atom. The highest BCUT2D eigenvalue weighted by atomic mass is 32.2. The third kappa shape index (κ3) is 4.82. The van der Waals surface area contributed by atoms with Gasteiger partial charge in [-0.1, -0.05) is 68.1 Å². The van der Waals surface area contributed by atoms with Crippen molar-refractivity contribution in [2.24, 2.45) is 0 Å². The molecule has 1 amide bonds. The molecule has 0 unspecified atom stereocenters. The van der Waals surface area contributed by atoms with Crippen molar-refractivity contribution in [2.75, 3.05) is 5.32 Å². The van der Waals surface area contributed by atoms with Gasteiger partial charge in [0.05, 0.1) is 0 Å². The average Bonchev–Trinajstić information content (AvgIpc) is 2.82. The first kappa shape index (κ1) is 16.0. The van der Waals surface area contributed by atoms with Crippen molar-refractivity contribution in [2.45, 2.75) is 43.2 Å². The molecule has 0 radical (unpaired) electrons. The molecule has 2 rings (SSSR count). The van der Waals surface area contributed by atoms with Gasteiger partial charge in [-0.05, 0) is 16.5 Å². The Balaban J connectivity index is 1.94. The second-order valence-corrected chi connectivity index (χ2v) is 7.99. The van der Waals surface area contributed by atoms with Gasteiger partial charge in [0.25, 0.3) is 0 Å². The van der Waals surface area contributed by atoms with Crippen LogP contribution in [0.1, 0.15) is 38.8 Å². The fourth-order valence-corrected chi connectivity index (χ4v) is 3.47. The summed E-state index contributed by atoms with van der Waals surface area (Å²) >= 11 is 3.03. The fourth-order valence-electron chi connectivity index (χ4n) is 1.72. The first-order chi connectivity index (χ1) is 9.84. The number of rotatable bonds is 4. The Hall–Kier alpha value is -1.40. The van der Waals surface area contributed by atoms with Gasteiger partial charge in [-0.2, -0.15) is 0 Å². The molecule has 1 aromatic heterocycles. The van der Waals surface area contributed by atoms with E-state index in [1.54, 1.807) is 11.8 Å². The first-order valence-electron chi connectivity index (χ1n) is 6.68. The van der Waals surface area contributed by atoms with E-state index in [1.807, 2.05) is 0 Å². The molecule has 0 spiro atoms. The highest BCUT2D eigenvalue weighted by molar-refractivity contribution is 8.00. The van der Waals surface area contributed by atoms with Crippen molar-refractivity contribution in [3.05, 3.63) is 35.4 Å². The summed E-state index contributed by atoms with van der Waals surface area (Å²) in [7, 11) is 0. The Kier molecular flexibility index (Phi) is 5.00. The van der Waals surface area contributed by atoms with Gasteiger partial charge in [0.1, 0.15) is 0 Å². The molecule has 0 atom stereocenters. The number of nitrogens with zero attached hydrogens (tertiary/aromatic N) is 2. The number of anilines is 1. The van der Waals surface area contributed by atoms with Crippen molar-refractivity contribution in [1.82, 2.24) is 10.2 Å². The van der Waals surface area contributed by atoms with Crippen LogP contribution in [0, 0.1) is 0 Å². The summed E-state index contributed by atoms with van der Waals surface area (Å²) in [6, 6.07) is 8.67. The molecule has 0 aliphatic heterocycles. The minimum Gasteiger partial charge on any atom is -0.301 e. The molecule has 0 saturated carbocycles. The molecule has 21 heavy (non-hydrogen) atoms. The van der Waals surface area contributed by atoms with Crippen molar-refractivity contribution in [3.8, 4) is 0 Å². The summed E-state index contributed by atoms with van der Waals surface area (Å²) in [6.07, 6.45) is 0. The van der Waals surface area contributed by atoms with Crippen molar-refractivity contribution >= 4 is 34.1 Å². The Morgan fingerprint density at radius 2 is 1.90 bits per heavy atom. The number of hydrogen-bond acceptors (Lipinski definition) is 5. The molecule has 2 aromatic rings. The Bertz CT molecular complexity index is 615. The predicted octanol–water partition coefficient (Wildman–Crippen LogP) is 4.09. The van der Waals surface area contributed by atoms with Crippen molar-refractivity contribution in [3.63, 3.8) is 0 Å². The number of nitrogens with one attached hydrogen (secondary N) is 1. The zero-order valence-corrected chi connectivity index (χ0v) is 14.3. The normalized spacial score (nSPS) is 11.4. The molecule has 0 fully saturated rings. The van der Waals surface area contributed by atoms with E-state index >= 15 is 0 Å². The third-order valence-electron chi connectivity index (χ3n) is 2.87. The summed E-state index contributed by atoms with van der Waals surface area (Å²) < 4.78 is 0.860. The molecule has 0 aliphatic carbocycles. The molecule has 112 valence electrons. The lowest BCUT2D eigenvalue weighted by Gasteiger charge is -2.19. The van der Waals surface area contributed by atoms with E-state index < -0.39 is 0 Å². The van der Waals surface area contributed by atoms with Crippen LogP contribution >= 0.6 is 23.1 Å². The van der Waals surface area contributed by atoms with Gasteiger partial charge in [-0.15, -0.1) is 10.2 Å². The van der Waals surface area contributed by atoms with Crippen LogP contribution in [0.4, 0.5) is 5.13 Å². The lowest BCUT2D eigenvalue weighted by molar-refractivity contribution is -0.114. The van der Waals surface area contributed by atoms with E-state index in [9.17, 15) is 4.79 Å². The van der Waals surface area contributed by atoms with Crippen LogP contribution in [0.15, 0.2) is 28.6 Å². The number of hydrogen-bond donors (Lipinski definition) is 1. The van der Waals surface area contributed by atoms with Gasteiger partial charge in [-0.25, -0.2) is 0 Å². The quantitative estimate of drug-likeness (QED) is 0.681. The summed E-state index contributed by atoms with van der Waals surface area (Å²) in [4.78, 5) is 10.9. The highest BCUT2D eigenvalue weighted by Gasteiger charge is 2.13. The van der Waals surface area contributed by atoms with Crippen LogP contribution in [0.5, 0.6) is 0 Å². The molecule has 0 saturated heterocycles. The number of thioether (sulfide) groups is 1. The fraction of sp³-hybridized carbons (Fsp3) is 0.400. The zero-order chi connectivity index (χ0) is 15.5. The van der Waals surface area contributed by atoms with Gasteiger partial charge in [0, 0.05) is 12.7 Å². The second-order valence-electron chi connectivity index (χ2n) is 5.79. The molecule has 1 heterocycles. The number of carbonyl (C=O) groups is 1.